The number of anilines is 1. The number of nitrogens with two attached hydrogens (primary N) is 1. The highest BCUT2D eigenvalue weighted by molar-refractivity contribution is 6.35. The van der Waals surface area contributed by atoms with Crippen LogP contribution in [0.1, 0.15) is 18.1 Å². The molecule has 0 atom stereocenters. The molecule has 0 bridgehead atoms. The number of nitrogen functional groups attached to an aromatic ring is 1. The molecule has 4 N–H and O–H groups in total. The Morgan fingerprint density at radius 1 is 1.24 bits per heavy atom. The zero-order valence-electron chi connectivity index (χ0n) is 18.1. The lowest BCUT2D eigenvalue weighted by atomic mass is 10.0. The third kappa shape index (κ3) is 5.10. The molecule has 0 spiro atoms. The van der Waals surface area contributed by atoms with E-state index in [2.05, 4.69) is 32.0 Å². The number of hydrogen-bond acceptors (Lipinski definition) is 5. The molecule has 0 radical (unpaired) electrons. The van der Waals surface area contributed by atoms with Gasteiger partial charge in [0.25, 0.3) is 5.91 Å². The van der Waals surface area contributed by atoms with Crippen LogP contribution in [-0.2, 0) is 17.8 Å². The Morgan fingerprint density at radius 2 is 2.09 bits per heavy atom. The van der Waals surface area contributed by atoms with E-state index in [1.54, 1.807) is 30.7 Å². The maximum absolute atomic E-state index is 12.8. The lowest BCUT2D eigenvalue weighted by Crippen LogP contribution is -2.24. The molecule has 4 rings (SSSR count). The van der Waals surface area contributed by atoms with E-state index in [9.17, 15) is 4.79 Å². The second-order valence-corrected chi connectivity index (χ2v) is 7.98. The molecule has 1 aromatic carbocycles. The number of benzene rings is 1. The molecule has 0 fully saturated rings. The molecule has 7 nitrogen and oxygen atoms in total. The molecule has 0 aliphatic carbocycles. The summed E-state index contributed by atoms with van der Waals surface area (Å²) in [5.74, 6) is -0.214. The summed E-state index contributed by atoms with van der Waals surface area (Å²) in [4.78, 5) is 28.6. The Hall–Kier alpha value is -3.97. The minimum atomic E-state index is -0.214. The maximum atomic E-state index is 12.8. The first-order chi connectivity index (χ1) is 16.0. The van der Waals surface area contributed by atoms with Gasteiger partial charge in [-0.1, -0.05) is 23.7 Å². The summed E-state index contributed by atoms with van der Waals surface area (Å²) in [5, 5.41) is 5.29. The molecule has 4 aromatic rings. The Bertz CT molecular complexity index is 1420. The van der Waals surface area contributed by atoms with Crippen molar-refractivity contribution in [3.05, 3.63) is 88.5 Å². The van der Waals surface area contributed by atoms with Crippen LogP contribution < -0.4 is 11.1 Å². The van der Waals surface area contributed by atoms with Crippen LogP contribution in [0.25, 0.3) is 21.9 Å². The summed E-state index contributed by atoms with van der Waals surface area (Å²) < 4.78 is 0. The number of hydrogen-bond donors (Lipinski definition) is 3. The topological polar surface area (TPSA) is 109 Å². The molecule has 0 aliphatic heterocycles. The Morgan fingerprint density at radius 3 is 2.88 bits per heavy atom. The highest BCUT2D eigenvalue weighted by Crippen LogP contribution is 2.22. The number of carbonyl (C=O) groups excluding carboxylic acids is 1. The number of carbonyl (C=O) groups is 1. The van der Waals surface area contributed by atoms with Gasteiger partial charge in [-0.3, -0.25) is 14.8 Å². The van der Waals surface area contributed by atoms with E-state index in [1.165, 1.54) is 0 Å². The number of amides is 1. The number of aromatic nitrogens is 3. The fourth-order valence-corrected chi connectivity index (χ4v) is 3.72. The molecule has 166 valence electrons. The van der Waals surface area contributed by atoms with Gasteiger partial charge in [-0.05, 0) is 55.1 Å². The fourth-order valence-electron chi connectivity index (χ4n) is 3.52. The van der Waals surface area contributed by atoms with E-state index >= 15 is 0 Å². The van der Waals surface area contributed by atoms with Gasteiger partial charge in [0.1, 0.15) is 5.65 Å². The number of aromatic amines is 1. The lowest BCUT2D eigenvalue weighted by Gasteiger charge is -2.08. The number of nitrogens with zero attached hydrogens (tertiary/aromatic N) is 3. The third-order valence-corrected chi connectivity index (χ3v) is 5.55. The van der Waals surface area contributed by atoms with Crippen LogP contribution in [0.4, 0.5) is 5.69 Å². The summed E-state index contributed by atoms with van der Waals surface area (Å²) in [6, 6.07) is 9.73. The summed E-state index contributed by atoms with van der Waals surface area (Å²) >= 11 is 6.16. The van der Waals surface area contributed by atoms with Crippen LogP contribution in [0.5, 0.6) is 0 Å². The van der Waals surface area contributed by atoms with Crippen LogP contribution in [0.2, 0.25) is 5.02 Å². The van der Waals surface area contributed by atoms with Crippen molar-refractivity contribution in [2.24, 2.45) is 4.99 Å². The number of H-pyrrole nitrogens is 1. The van der Waals surface area contributed by atoms with Crippen molar-refractivity contribution in [3.63, 3.8) is 0 Å². The predicted molar refractivity (Wildman–Crippen MR) is 134 cm³/mol. The van der Waals surface area contributed by atoms with Crippen molar-refractivity contribution in [2.75, 3.05) is 5.73 Å². The number of nitrogens with one attached hydrogen (secondary N) is 2. The maximum Gasteiger partial charge on any atom is 0.251 e. The SMILES string of the molecule is C=N/C(=C\C(=C/C)C(=O)NCc1cnc2[nH]cc(Cl)c2c1)Cc1ccc2ncc(N)cc2c1. The standard InChI is InChI=1S/C25H23ClN6O/c1-3-17(25(33)32-12-16-8-21-22(26)14-31-24(21)30-11-16)10-20(28-2)7-15-4-5-23-18(6-15)9-19(27)13-29-23/h3-6,8-11,13-14H,2,7,12,27H2,1H3,(H,30,31)(H,32,33)/b17-3+,20-10-. The van der Waals surface area contributed by atoms with Crippen molar-refractivity contribution in [1.29, 1.82) is 0 Å². The zero-order chi connectivity index (χ0) is 23.4. The van der Waals surface area contributed by atoms with Gasteiger partial charge >= 0.3 is 0 Å². The van der Waals surface area contributed by atoms with Gasteiger partial charge in [-0.15, -0.1) is 0 Å². The summed E-state index contributed by atoms with van der Waals surface area (Å²) in [6.07, 6.45) is 9.04. The highest BCUT2D eigenvalue weighted by atomic mass is 35.5. The average molecular weight is 459 g/mol. The van der Waals surface area contributed by atoms with E-state index in [0.717, 1.165) is 27.4 Å². The van der Waals surface area contributed by atoms with Gasteiger partial charge in [0.15, 0.2) is 0 Å². The molecule has 0 saturated heterocycles. The number of halogens is 1. The molecule has 3 heterocycles. The van der Waals surface area contributed by atoms with Crippen LogP contribution in [0, 0.1) is 0 Å². The smallest absolute Gasteiger partial charge is 0.251 e. The third-order valence-electron chi connectivity index (χ3n) is 5.24. The number of rotatable bonds is 7. The quantitative estimate of drug-likeness (QED) is 0.211. The largest absolute Gasteiger partial charge is 0.397 e. The van der Waals surface area contributed by atoms with Crippen LogP contribution in [0.15, 0.2) is 77.3 Å². The van der Waals surface area contributed by atoms with Crippen LogP contribution >= 0.6 is 11.6 Å². The number of fused-ring (bicyclic) bond motifs is 2. The van der Waals surface area contributed by atoms with Crippen molar-refractivity contribution in [3.8, 4) is 0 Å². The molecule has 0 aliphatic rings. The fraction of sp³-hybridized carbons (Fsp3) is 0.120. The Balaban J connectivity index is 1.46. The molecular formula is C25H23ClN6O. The van der Waals surface area contributed by atoms with E-state index in [1.807, 2.05) is 37.3 Å². The molecule has 3 aromatic heterocycles. The Labute approximate surface area is 196 Å². The molecule has 0 saturated carbocycles. The highest BCUT2D eigenvalue weighted by Gasteiger charge is 2.10. The molecule has 0 unspecified atom stereocenters. The van der Waals surface area contributed by atoms with E-state index in [0.29, 0.717) is 40.6 Å². The molecule has 8 heteroatoms. The van der Waals surface area contributed by atoms with Crippen molar-refractivity contribution in [1.82, 2.24) is 20.3 Å². The zero-order valence-corrected chi connectivity index (χ0v) is 18.9. The summed E-state index contributed by atoms with van der Waals surface area (Å²) in [5.41, 5.74) is 11.1. The second-order valence-electron chi connectivity index (χ2n) is 7.57. The normalized spacial score (nSPS) is 12.3. The summed E-state index contributed by atoms with van der Waals surface area (Å²) in [6.45, 7) is 5.81. The van der Waals surface area contributed by atoms with Gasteiger partial charge in [-0.2, -0.15) is 0 Å². The van der Waals surface area contributed by atoms with E-state index in [-0.39, 0.29) is 5.91 Å². The van der Waals surface area contributed by atoms with Gasteiger partial charge in [0, 0.05) is 47.4 Å². The van der Waals surface area contributed by atoms with Crippen LogP contribution in [0.3, 0.4) is 0 Å². The first kappa shape index (κ1) is 22.2. The average Bonchev–Trinajstić information content (AvgIpc) is 3.19. The first-order valence-electron chi connectivity index (χ1n) is 10.3. The van der Waals surface area contributed by atoms with Crippen molar-refractivity contribution >= 4 is 51.8 Å². The molecule has 1 amide bonds. The lowest BCUT2D eigenvalue weighted by molar-refractivity contribution is -0.117. The van der Waals surface area contributed by atoms with Crippen LogP contribution in [-0.4, -0.2) is 27.6 Å². The minimum absolute atomic E-state index is 0.214. The minimum Gasteiger partial charge on any atom is -0.397 e. The van der Waals surface area contributed by atoms with Gasteiger partial charge in [0.2, 0.25) is 0 Å². The summed E-state index contributed by atoms with van der Waals surface area (Å²) in [7, 11) is 0. The van der Waals surface area contributed by atoms with E-state index < -0.39 is 0 Å². The van der Waals surface area contributed by atoms with Gasteiger partial charge < -0.3 is 16.0 Å². The van der Waals surface area contributed by atoms with Crippen molar-refractivity contribution in [2.45, 2.75) is 19.9 Å². The second kappa shape index (κ2) is 9.67. The monoisotopic (exact) mass is 458 g/mol. The predicted octanol–water partition coefficient (Wildman–Crippen LogP) is 4.74. The molecular weight excluding hydrogens is 436 g/mol. The van der Waals surface area contributed by atoms with E-state index in [4.69, 9.17) is 17.3 Å². The van der Waals surface area contributed by atoms with Crippen molar-refractivity contribution < 1.29 is 4.79 Å². The number of aliphatic imine (C=N–C) groups is 1. The van der Waals surface area contributed by atoms with Gasteiger partial charge in [0.05, 0.1) is 22.4 Å². The number of pyridine rings is 2. The molecule has 33 heavy (non-hydrogen) atoms. The first-order valence-corrected chi connectivity index (χ1v) is 10.7. The number of allylic oxidation sites excluding steroid dienone is 2. The van der Waals surface area contributed by atoms with Gasteiger partial charge in [-0.25, -0.2) is 4.98 Å². The Kier molecular flexibility index (Phi) is 6.51.